The van der Waals surface area contributed by atoms with Crippen LogP contribution in [-0.2, 0) is 57.2 Å². The molecule has 0 aromatic rings. The molecular formula is C32H44O12. The van der Waals surface area contributed by atoms with Gasteiger partial charge in [0.2, 0.25) is 6.10 Å². The lowest BCUT2D eigenvalue weighted by Gasteiger charge is -2.42. The Hall–Kier alpha value is -3.83. The Kier molecular flexibility index (Phi) is 11.5. The molecular weight excluding hydrogens is 576 g/mol. The molecule has 0 saturated heterocycles. The van der Waals surface area contributed by atoms with E-state index in [1.165, 1.54) is 26.0 Å². The number of rotatable bonds is 6. The molecule has 0 radical (unpaired) electrons. The van der Waals surface area contributed by atoms with Crippen LogP contribution < -0.4 is 0 Å². The number of hydrogen-bond donors (Lipinski definition) is 0. The van der Waals surface area contributed by atoms with Gasteiger partial charge in [-0.3, -0.25) is 33.6 Å². The number of allylic oxidation sites excluding steroid dienone is 2. The van der Waals surface area contributed by atoms with Crippen LogP contribution >= 0.6 is 0 Å². The second-order valence-corrected chi connectivity index (χ2v) is 12.5. The highest BCUT2D eigenvalue weighted by molar-refractivity contribution is 5.95. The number of ketones is 2. The lowest BCUT2D eigenvalue weighted by Crippen LogP contribution is -2.58. The minimum absolute atomic E-state index is 0.121. The zero-order chi connectivity index (χ0) is 33.9. The van der Waals surface area contributed by atoms with Crippen molar-refractivity contribution >= 4 is 41.4 Å². The van der Waals surface area contributed by atoms with E-state index in [0.717, 1.165) is 27.7 Å². The molecule has 12 nitrogen and oxygen atoms in total. The van der Waals surface area contributed by atoms with E-state index < -0.39 is 101 Å². The first kappa shape index (κ1) is 36.4. The van der Waals surface area contributed by atoms with Crippen molar-refractivity contribution in [2.75, 3.05) is 0 Å². The highest BCUT2D eigenvalue weighted by Gasteiger charge is 2.65. The van der Waals surface area contributed by atoms with Crippen LogP contribution in [0.1, 0.15) is 75.7 Å². The smallest absolute Gasteiger partial charge is 0.309 e. The fourth-order valence-electron chi connectivity index (χ4n) is 5.88. The van der Waals surface area contributed by atoms with Crippen molar-refractivity contribution in [3.05, 3.63) is 24.3 Å². The van der Waals surface area contributed by atoms with Crippen LogP contribution in [0, 0.1) is 29.1 Å². The summed E-state index contributed by atoms with van der Waals surface area (Å²) in [4.78, 5) is 91.4. The largest absolute Gasteiger partial charge is 0.462 e. The predicted molar refractivity (Wildman–Crippen MR) is 154 cm³/mol. The molecule has 0 aromatic carbocycles. The molecule has 0 N–H and O–H groups in total. The molecule has 0 amide bonds. The standard InChI is InChI=1S/C32H44O12/c1-15(2)30(39)43-27-26(42-21(8)35)18(5)25(41-20(7)34)23-24(40-19(6)33)17(4)14-32(23,44-22(9)36)28(37)16(3)12-13-31(10,11)29(27)38/h12-13,15-17,23-27H,5,14H2,1-4,6-11H3/b13-12+/t16-,17?,23-,24+,25+,26+,27-,32-/m1/s1. The third-order valence-corrected chi connectivity index (χ3v) is 7.86. The first-order valence-electron chi connectivity index (χ1n) is 14.5. The van der Waals surface area contributed by atoms with E-state index >= 15 is 0 Å². The van der Waals surface area contributed by atoms with Crippen molar-refractivity contribution in [1.29, 1.82) is 0 Å². The fraction of sp³-hybridized carbons (Fsp3) is 0.656. The Morgan fingerprint density at radius 1 is 0.795 bits per heavy atom. The van der Waals surface area contributed by atoms with Crippen LogP contribution in [0.3, 0.4) is 0 Å². The zero-order valence-electron chi connectivity index (χ0n) is 27.1. The van der Waals surface area contributed by atoms with E-state index in [0.29, 0.717) is 0 Å². The second-order valence-electron chi connectivity index (χ2n) is 12.5. The number of fused-ring (bicyclic) bond motifs is 1. The molecule has 1 saturated carbocycles. The summed E-state index contributed by atoms with van der Waals surface area (Å²) in [6.07, 6.45) is -3.49. The molecule has 0 spiro atoms. The van der Waals surface area contributed by atoms with E-state index in [2.05, 4.69) is 6.58 Å². The van der Waals surface area contributed by atoms with Gasteiger partial charge < -0.3 is 23.7 Å². The van der Waals surface area contributed by atoms with Crippen molar-refractivity contribution < 1.29 is 57.2 Å². The number of carbonyl (C=O) groups is 7. The zero-order valence-corrected chi connectivity index (χ0v) is 27.1. The van der Waals surface area contributed by atoms with Crippen LogP contribution in [0.5, 0.6) is 0 Å². The van der Waals surface area contributed by atoms with Gasteiger partial charge in [0.1, 0.15) is 12.2 Å². The normalized spacial score (nSPS) is 32.8. The summed E-state index contributed by atoms with van der Waals surface area (Å²) in [5.74, 6) is -9.04. The molecule has 44 heavy (non-hydrogen) atoms. The van der Waals surface area contributed by atoms with E-state index in [9.17, 15) is 33.6 Å². The predicted octanol–water partition coefficient (Wildman–Crippen LogP) is 3.23. The van der Waals surface area contributed by atoms with Crippen molar-refractivity contribution in [3.63, 3.8) is 0 Å². The Morgan fingerprint density at radius 3 is 1.80 bits per heavy atom. The lowest BCUT2D eigenvalue weighted by atomic mass is 9.72. The van der Waals surface area contributed by atoms with E-state index in [1.54, 1.807) is 27.7 Å². The van der Waals surface area contributed by atoms with Gasteiger partial charge in [-0.15, -0.1) is 0 Å². The van der Waals surface area contributed by atoms with E-state index in [4.69, 9.17) is 23.7 Å². The van der Waals surface area contributed by atoms with Gasteiger partial charge in [-0.1, -0.05) is 46.4 Å². The third kappa shape index (κ3) is 7.81. The summed E-state index contributed by atoms with van der Waals surface area (Å²) in [6.45, 7) is 17.8. The van der Waals surface area contributed by atoms with Gasteiger partial charge in [-0.25, -0.2) is 0 Å². The summed E-state index contributed by atoms with van der Waals surface area (Å²) in [6, 6.07) is 0. The van der Waals surface area contributed by atoms with Crippen molar-refractivity contribution in [2.24, 2.45) is 29.1 Å². The van der Waals surface area contributed by atoms with Crippen LogP contribution in [0.4, 0.5) is 0 Å². The molecule has 0 aromatic heterocycles. The summed E-state index contributed by atoms with van der Waals surface area (Å²) in [5, 5.41) is 0. The summed E-state index contributed by atoms with van der Waals surface area (Å²) >= 11 is 0. The number of Topliss-reactive ketones (excluding diaryl/α,β-unsaturated/α-hetero) is 2. The van der Waals surface area contributed by atoms with Crippen LogP contribution in [-0.4, -0.2) is 71.4 Å². The Bertz CT molecular complexity index is 1240. The maximum absolute atomic E-state index is 14.4. The lowest BCUT2D eigenvalue weighted by molar-refractivity contribution is -0.187. The molecule has 12 heteroatoms. The van der Waals surface area contributed by atoms with Crippen LogP contribution in [0.15, 0.2) is 24.3 Å². The maximum atomic E-state index is 14.4. The van der Waals surface area contributed by atoms with Gasteiger partial charge in [0.25, 0.3) is 0 Å². The van der Waals surface area contributed by atoms with Gasteiger partial charge >= 0.3 is 29.8 Å². The number of carbonyl (C=O) groups excluding carboxylic acids is 7. The molecule has 8 atom stereocenters. The van der Waals surface area contributed by atoms with Crippen molar-refractivity contribution in [2.45, 2.75) is 106 Å². The van der Waals surface area contributed by atoms with Gasteiger partial charge in [0.15, 0.2) is 23.3 Å². The topological polar surface area (TPSA) is 166 Å². The second kappa shape index (κ2) is 13.9. The molecule has 1 fully saturated rings. The van der Waals surface area contributed by atoms with Crippen molar-refractivity contribution in [1.82, 2.24) is 0 Å². The molecule has 2 rings (SSSR count). The Balaban J connectivity index is 3.08. The average Bonchev–Trinajstić information content (AvgIpc) is 3.15. The van der Waals surface area contributed by atoms with Gasteiger partial charge in [-0.2, -0.15) is 0 Å². The first-order chi connectivity index (χ1) is 20.2. The highest BCUT2D eigenvalue weighted by Crippen LogP contribution is 2.51. The Morgan fingerprint density at radius 2 is 1.32 bits per heavy atom. The average molecular weight is 621 g/mol. The monoisotopic (exact) mass is 620 g/mol. The molecule has 2 aliphatic rings. The van der Waals surface area contributed by atoms with Gasteiger partial charge in [0.05, 0.1) is 11.8 Å². The van der Waals surface area contributed by atoms with Gasteiger partial charge in [0, 0.05) is 51.0 Å². The minimum Gasteiger partial charge on any atom is -0.462 e. The molecule has 2 aliphatic carbocycles. The fourth-order valence-corrected chi connectivity index (χ4v) is 5.88. The molecule has 0 bridgehead atoms. The number of hydrogen-bond acceptors (Lipinski definition) is 12. The van der Waals surface area contributed by atoms with Crippen LogP contribution in [0.25, 0.3) is 0 Å². The molecule has 0 aliphatic heterocycles. The third-order valence-electron chi connectivity index (χ3n) is 7.86. The summed E-state index contributed by atoms with van der Waals surface area (Å²) in [7, 11) is 0. The molecule has 1 unspecified atom stereocenters. The van der Waals surface area contributed by atoms with E-state index in [-0.39, 0.29) is 12.0 Å². The quantitative estimate of drug-likeness (QED) is 0.242. The molecule has 0 heterocycles. The van der Waals surface area contributed by atoms with E-state index in [1.807, 2.05) is 0 Å². The minimum atomic E-state index is -2.02. The number of ether oxygens (including phenoxy) is 5. The Labute approximate surface area is 257 Å². The first-order valence-corrected chi connectivity index (χ1v) is 14.5. The molecule has 244 valence electrons. The maximum Gasteiger partial charge on any atom is 0.309 e. The number of esters is 5. The van der Waals surface area contributed by atoms with Crippen molar-refractivity contribution in [3.8, 4) is 0 Å². The van der Waals surface area contributed by atoms with Gasteiger partial charge in [-0.05, 0) is 19.8 Å². The summed E-state index contributed by atoms with van der Waals surface area (Å²) < 4.78 is 28.5. The summed E-state index contributed by atoms with van der Waals surface area (Å²) in [5.41, 5.74) is -3.65. The highest BCUT2D eigenvalue weighted by atomic mass is 16.6. The SMILES string of the molecule is C=C1[C@H](OC(C)=O)[C@H]2[C@@H](OC(C)=O)C(C)C[C@]2(OC(C)=O)C(=O)[C@H](C)/C=C/C(C)(C)C(=O)[C@H](OC(=O)C(C)C)[C@H]1OC(C)=O. The van der Waals surface area contributed by atoms with Crippen LogP contribution in [0.2, 0.25) is 0 Å².